The van der Waals surface area contributed by atoms with E-state index >= 15 is 0 Å². The first-order valence-electron chi connectivity index (χ1n) is 6.19. The van der Waals surface area contributed by atoms with Crippen LogP contribution in [0.5, 0.6) is 0 Å². The van der Waals surface area contributed by atoms with Gasteiger partial charge >= 0.3 is 23.9 Å². The van der Waals surface area contributed by atoms with Crippen LogP contribution in [0.1, 0.15) is 26.7 Å². The molecule has 0 aliphatic carbocycles. The van der Waals surface area contributed by atoms with Gasteiger partial charge in [-0.3, -0.25) is 19.2 Å². The fraction of sp³-hybridized carbons (Fsp3) is 0.667. The lowest BCUT2D eigenvalue weighted by molar-refractivity contribution is -0.160. The van der Waals surface area contributed by atoms with Crippen molar-refractivity contribution < 1.29 is 49.8 Å². The molecule has 0 saturated heterocycles. The molecule has 0 fully saturated rings. The van der Waals surface area contributed by atoms with Gasteiger partial charge in [-0.25, -0.2) is 0 Å². The summed E-state index contributed by atoms with van der Waals surface area (Å²) in [6.45, 7) is 3.86. The second-order valence-electron chi connectivity index (χ2n) is 3.72. The van der Waals surface area contributed by atoms with E-state index in [-0.39, 0.29) is 13.2 Å². The van der Waals surface area contributed by atoms with E-state index in [2.05, 4.69) is 0 Å². The maximum atomic E-state index is 10.6. The summed E-state index contributed by atoms with van der Waals surface area (Å²) in [5.41, 5.74) is 0. The van der Waals surface area contributed by atoms with Crippen LogP contribution < -0.4 is 0 Å². The molecule has 0 aliphatic rings. The van der Waals surface area contributed by atoms with Gasteiger partial charge in [0.1, 0.15) is 0 Å². The zero-order valence-corrected chi connectivity index (χ0v) is 12.3. The van der Waals surface area contributed by atoms with Crippen molar-refractivity contribution in [2.45, 2.75) is 26.7 Å². The van der Waals surface area contributed by atoms with Crippen molar-refractivity contribution in [3.8, 4) is 0 Å². The van der Waals surface area contributed by atoms with E-state index in [9.17, 15) is 19.2 Å². The molecular formula is C12H22O10. The molecule has 0 bridgehead atoms. The van der Waals surface area contributed by atoms with Gasteiger partial charge in [0.2, 0.25) is 0 Å². The molecule has 10 heteroatoms. The Morgan fingerprint density at radius 2 is 0.864 bits per heavy atom. The molecule has 0 aromatic rings. The van der Waals surface area contributed by atoms with E-state index in [0.29, 0.717) is 0 Å². The third-order valence-electron chi connectivity index (χ3n) is 1.91. The Kier molecular flexibility index (Phi) is 17.1. The average Bonchev–Trinajstić information content (AvgIpc) is 2.34. The van der Waals surface area contributed by atoms with E-state index in [4.69, 9.17) is 30.6 Å². The number of rotatable bonds is 7. The smallest absolute Gasteiger partial charge is 0.307 e. The summed E-state index contributed by atoms with van der Waals surface area (Å²) in [7, 11) is 0. The second kappa shape index (κ2) is 15.2. The summed E-state index contributed by atoms with van der Waals surface area (Å²) in [6, 6.07) is 0. The van der Waals surface area contributed by atoms with Crippen LogP contribution in [0.4, 0.5) is 0 Å². The third kappa shape index (κ3) is 15.9. The highest BCUT2D eigenvalue weighted by atomic mass is 16.4. The average molecular weight is 326 g/mol. The number of aliphatic hydroxyl groups excluding tert-OH is 2. The van der Waals surface area contributed by atoms with Gasteiger partial charge < -0.3 is 30.6 Å². The minimum atomic E-state index is -1.76. The lowest BCUT2D eigenvalue weighted by atomic mass is 9.87. The van der Waals surface area contributed by atoms with Crippen LogP contribution in [0.25, 0.3) is 0 Å². The van der Waals surface area contributed by atoms with Crippen LogP contribution in [-0.4, -0.2) is 67.7 Å². The van der Waals surface area contributed by atoms with E-state index < -0.39 is 48.6 Å². The van der Waals surface area contributed by atoms with Gasteiger partial charge in [0.05, 0.1) is 24.7 Å². The van der Waals surface area contributed by atoms with E-state index in [1.54, 1.807) is 13.8 Å². The first-order chi connectivity index (χ1) is 10.1. The van der Waals surface area contributed by atoms with Gasteiger partial charge in [-0.2, -0.15) is 0 Å². The third-order valence-corrected chi connectivity index (χ3v) is 1.91. The fourth-order valence-corrected chi connectivity index (χ4v) is 1.18. The lowest BCUT2D eigenvalue weighted by Crippen LogP contribution is -2.33. The van der Waals surface area contributed by atoms with Crippen molar-refractivity contribution >= 4 is 23.9 Å². The molecule has 0 saturated carbocycles. The Morgan fingerprint density at radius 1 is 0.682 bits per heavy atom. The SMILES string of the molecule is CCO.CCO.O=C(O)CC(C(=O)O)C(CC(=O)O)C(=O)O. The predicted octanol–water partition coefficient (Wildman–Crippen LogP) is -0.665. The number of carboxylic acids is 4. The van der Waals surface area contributed by atoms with E-state index in [1.165, 1.54) is 0 Å². The Labute approximate surface area is 126 Å². The largest absolute Gasteiger partial charge is 0.481 e. The number of aliphatic carboxylic acids is 4. The molecule has 0 aromatic carbocycles. The summed E-state index contributed by atoms with van der Waals surface area (Å²) < 4.78 is 0. The maximum Gasteiger partial charge on any atom is 0.307 e. The Morgan fingerprint density at radius 3 is 0.955 bits per heavy atom. The summed E-state index contributed by atoms with van der Waals surface area (Å²) in [5, 5.41) is 49.2. The van der Waals surface area contributed by atoms with Crippen LogP contribution in [0, 0.1) is 11.8 Å². The first kappa shape index (κ1) is 24.8. The molecule has 0 rings (SSSR count). The molecule has 22 heavy (non-hydrogen) atoms. The Bertz CT molecular complexity index is 318. The highest BCUT2D eigenvalue weighted by molar-refractivity contribution is 5.86. The van der Waals surface area contributed by atoms with Crippen molar-refractivity contribution in [2.75, 3.05) is 13.2 Å². The maximum absolute atomic E-state index is 10.6. The monoisotopic (exact) mass is 326 g/mol. The molecule has 130 valence electrons. The number of hydrogen-bond acceptors (Lipinski definition) is 6. The Balaban J connectivity index is -0.000000515. The van der Waals surface area contributed by atoms with Gasteiger partial charge in [-0.15, -0.1) is 0 Å². The zero-order valence-electron chi connectivity index (χ0n) is 12.3. The van der Waals surface area contributed by atoms with Crippen molar-refractivity contribution in [1.82, 2.24) is 0 Å². The van der Waals surface area contributed by atoms with Gasteiger partial charge in [-0.1, -0.05) is 0 Å². The molecule has 2 unspecified atom stereocenters. The highest BCUT2D eigenvalue weighted by Crippen LogP contribution is 2.20. The first-order valence-corrected chi connectivity index (χ1v) is 6.19. The molecule has 0 heterocycles. The van der Waals surface area contributed by atoms with Gasteiger partial charge in [0.15, 0.2) is 0 Å². The summed E-state index contributed by atoms with van der Waals surface area (Å²) in [5.74, 6) is -9.79. The van der Waals surface area contributed by atoms with Crippen LogP contribution in [0.15, 0.2) is 0 Å². The van der Waals surface area contributed by atoms with E-state index in [1.807, 2.05) is 0 Å². The number of carbonyl (C=O) groups is 4. The Hall–Kier alpha value is -2.20. The predicted molar refractivity (Wildman–Crippen MR) is 72.3 cm³/mol. The minimum absolute atomic E-state index is 0.250. The summed E-state index contributed by atoms with van der Waals surface area (Å²) in [4.78, 5) is 41.9. The molecule has 6 N–H and O–H groups in total. The standard InChI is InChI=1S/C8H10O8.2C2H6O/c9-5(10)1-3(7(13)14)4(8(15)16)2-6(11)12;2*1-2-3/h3-4H,1-2H2,(H,9,10)(H,11,12)(H,13,14)(H,15,16);2*3H,2H2,1H3. The fourth-order valence-electron chi connectivity index (χ4n) is 1.18. The van der Waals surface area contributed by atoms with Gasteiger partial charge in [-0.05, 0) is 13.8 Å². The van der Waals surface area contributed by atoms with Gasteiger partial charge in [0, 0.05) is 13.2 Å². The normalized spacial score (nSPS) is 11.6. The molecule has 0 aliphatic heterocycles. The van der Waals surface area contributed by atoms with Crippen LogP contribution in [0.2, 0.25) is 0 Å². The van der Waals surface area contributed by atoms with Crippen molar-refractivity contribution in [1.29, 1.82) is 0 Å². The number of carboxylic acid groups (broad SMARTS) is 4. The minimum Gasteiger partial charge on any atom is -0.481 e. The van der Waals surface area contributed by atoms with Crippen LogP contribution in [0.3, 0.4) is 0 Å². The lowest BCUT2D eigenvalue weighted by Gasteiger charge is -2.16. The molecule has 0 radical (unpaired) electrons. The van der Waals surface area contributed by atoms with Gasteiger partial charge in [0.25, 0.3) is 0 Å². The summed E-state index contributed by atoms with van der Waals surface area (Å²) >= 11 is 0. The summed E-state index contributed by atoms with van der Waals surface area (Å²) in [6.07, 6.45) is -1.86. The van der Waals surface area contributed by atoms with Crippen molar-refractivity contribution in [2.24, 2.45) is 11.8 Å². The molecule has 2 atom stereocenters. The zero-order chi connectivity index (χ0) is 18.3. The number of aliphatic hydroxyl groups is 2. The molecule has 0 aromatic heterocycles. The quantitative estimate of drug-likeness (QED) is 0.350. The molecule has 10 nitrogen and oxygen atoms in total. The topological polar surface area (TPSA) is 190 Å². The van der Waals surface area contributed by atoms with Crippen LogP contribution in [-0.2, 0) is 19.2 Å². The van der Waals surface area contributed by atoms with Crippen molar-refractivity contribution in [3.63, 3.8) is 0 Å². The van der Waals surface area contributed by atoms with Crippen LogP contribution >= 0.6 is 0 Å². The molecule has 0 amide bonds. The number of hydrogen-bond donors (Lipinski definition) is 6. The molecule has 0 spiro atoms. The molecular weight excluding hydrogens is 304 g/mol. The van der Waals surface area contributed by atoms with Crippen molar-refractivity contribution in [3.05, 3.63) is 0 Å². The second-order valence-corrected chi connectivity index (χ2v) is 3.72. The highest BCUT2D eigenvalue weighted by Gasteiger charge is 2.36. The van der Waals surface area contributed by atoms with E-state index in [0.717, 1.165) is 0 Å².